The van der Waals surface area contributed by atoms with Crippen molar-refractivity contribution in [1.29, 1.82) is 0 Å². The SMILES string of the molecule is CCC(=Nc1ccc(C)cc1Cl)C(CCc1ccccc1)=Nc1ccc(C)cc1Cl. The fraction of sp³-hybridized carbons (Fsp3) is 0.231. The second kappa shape index (κ2) is 10.6. The van der Waals surface area contributed by atoms with Crippen LogP contribution in [0.15, 0.2) is 76.7 Å². The Morgan fingerprint density at radius 1 is 0.733 bits per heavy atom. The van der Waals surface area contributed by atoms with E-state index in [0.29, 0.717) is 10.0 Å². The maximum absolute atomic E-state index is 6.47. The number of rotatable bonds is 7. The lowest BCUT2D eigenvalue weighted by Crippen LogP contribution is -2.14. The van der Waals surface area contributed by atoms with Crippen LogP contribution in [0.4, 0.5) is 11.4 Å². The van der Waals surface area contributed by atoms with Crippen molar-refractivity contribution in [2.45, 2.75) is 40.0 Å². The summed E-state index contributed by atoms with van der Waals surface area (Å²) in [6.45, 7) is 6.13. The molecule has 0 heterocycles. The number of benzene rings is 3. The molecule has 2 nitrogen and oxygen atoms in total. The van der Waals surface area contributed by atoms with Crippen molar-refractivity contribution in [3.63, 3.8) is 0 Å². The number of nitrogens with zero attached hydrogens (tertiary/aromatic N) is 2. The average Bonchev–Trinajstić information content (AvgIpc) is 2.73. The molecule has 4 heteroatoms. The van der Waals surface area contributed by atoms with Crippen molar-refractivity contribution >= 4 is 46.0 Å². The lowest BCUT2D eigenvalue weighted by molar-refractivity contribution is 1.04. The molecule has 0 aliphatic rings. The van der Waals surface area contributed by atoms with Crippen LogP contribution in [-0.4, -0.2) is 11.4 Å². The van der Waals surface area contributed by atoms with Gasteiger partial charge >= 0.3 is 0 Å². The van der Waals surface area contributed by atoms with Crippen LogP contribution >= 0.6 is 23.2 Å². The first-order chi connectivity index (χ1) is 14.5. The Morgan fingerprint density at radius 3 is 1.77 bits per heavy atom. The second-order valence-corrected chi connectivity index (χ2v) is 8.18. The molecule has 0 aliphatic carbocycles. The topological polar surface area (TPSA) is 24.7 Å². The van der Waals surface area contributed by atoms with Crippen LogP contribution in [-0.2, 0) is 6.42 Å². The van der Waals surface area contributed by atoms with Gasteiger partial charge in [0.2, 0.25) is 0 Å². The molecule has 0 aromatic heterocycles. The van der Waals surface area contributed by atoms with E-state index in [-0.39, 0.29) is 0 Å². The first-order valence-electron chi connectivity index (χ1n) is 10.2. The molecule has 0 aliphatic heterocycles. The minimum atomic E-state index is 0.649. The predicted molar refractivity (Wildman–Crippen MR) is 132 cm³/mol. The van der Waals surface area contributed by atoms with Gasteiger partial charge in [-0.15, -0.1) is 0 Å². The molecule has 3 rings (SSSR count). The number of hydrogen-bond donors (Lipinski definition) is 0. The van der Waals surface area contributed by atoms with Gasteiger partial charge in [0.15, 0.2) is 0 Å². The average molecular weight is 437 g/mol. The highest BCUT2D eigenvalue weighted by Gasteiger charge is 2.12. The Morgan fingerprint density at radius 2 is 1.27 bits per heavy atom. The molecule has 3 aromatic carbocycles. The molecule has 0 atom stereocenters. The fourth-order valence-electron chi connectivity index (χ4n) is 3.22. The zero-order valence-corrected chi connectivity index (χ0v) is 19.1. The van der Waals surface area contributed by atoms with Crippen LogP contribution in [0.25, 0.3) is 0 Å². The maximum atomic E-state index is 6.47. The minimum Gasteiger partial charge on any atom is -0.250 e. The standard InChI is InChI=1S/C26H26Cl2N2/c1-4-23(29-24-13-10-18(2)16-21(24)27)26(15-12-20-8-6-5-7-9-20)30-25-14-11-19(3)17-22(25)28/h5-11,13-14,16-17H,4,12,15H2,1-3H3. The Labute approximate surface area is 189 Å². The molecular weight excluding hydrogens is 411 g/mol. The third-order valence-electron chi connectivity index (χ3n) is 4.88. The van der Waals surface area contributed by atoms with E-state index in [2.05, 4.69) is 31.2 Å². The lowest BCUT2D eigenvalue weighted by Gasteiger charge is -2.11. The fourth-order valence-corrected chi connectivity index (χ4v) is 3.77. The van der Waals surface area contributed by atoms with Gasteiger partial charge < -0.3 is 0 Å². The van der Waals surface area contributed by atoms with Crippen LogP contribution in [0.2, 0.25) is 10.0 Å². The summed E-state index contributed by atoms with van der Waals surface area (Å²) in [6, 6.07) is 22.3. The zero-order valence-electron chi connectivity index (χ0n) is 17.6. The van der Waals surface area contributed by atoms with E-state index >= 15 is 0 Å². The summed E-state index contributed by atoms with van der Waals surface area (Å²) >= 11 is 12.9. The van der Waals surface area contributed by atoms with E-state index < -0.39 is 0 Å². The van der Waals surface area contributed by atoms with Crippen LogP contribution in [0.1, 0.15) is 36.5 Å². The highest BCUT2D eigenvalue weighted by Crippen LogP contribution is 2.29. The lowest BCUT2D eigenvalue weighted by atomic mass is 10.0. The second-order valence-electron chi connectivity index (χ2n) is 7.37. The van der Waals surface area contributed by atoms with E-state index in [1.807, 2.05) is 56.3 Å². The molecule has 0 saturated carbocycles. The van der Waals surface area contributed by atoms with Gasteiger partial charge in [0.05, 0.1) is 32.8 Å². The van der Waals surface area contributed by atoms with E-state index in [9.17, 15) is 0 Å². The summed E-state index contributed by atoms with van der Waals surface area (Å²) in [5.41, 5.74) is 6.88. The van der Waals surface area contributed by atoms with Crippen molar-refractivity contribution < 1.29 is 0 Å². The molecule has 0 bridgehead atoms. The molecule has 0 fully saturated rings. The van der Waals surface area contributed by atoms with Crippen molar-refractivity contribution in [3.05, 3.63) is 93.5 Å². The molecule has 0 N–H and O–H groups in total. The van der Waals surface area contributed by atoms with Crippen LogP contribution in [0, 0.1) is 13.8 Å². The van der Waals surface area contributed by atoms with Gasteiger partial charge in [-0.3, -0.25) is 4.99 Å². The summed E-state index contributed by atoms with van der Waals surface area (Å²) in [5, 5.41) is 1.30. The van der Waals surface area contributed by atoms with Crippen molar-refractivity contribution in [2.75, 3.05) is 0 Å². The van der Waals surface area contributed by atoms with Gasteiger partial charge in [0.1, 0.15) is 0 Å². The van der Waals surface area contributed by atoms with Crippen molar-refractivity contribution in [1.82, 2.24) is 0 Å². The molecule has 0 amide bonds. The van der Waals surface area contributed by atoms with Gasteiger partial charge in [0, 0.05) is 0 Å². The van der Waals surface area contributed by atoms with Gasteiger partial charge in [-0.1, -0.05) is 72.6 Å². The largest absolute Gasteiger partial charge is 0.250 e. The monoisotopic (exact) mass is 436 g/mol. The Bertz CT molecular complexity index is 1070. The molecule has 0 unspecified atom stereocenters. The molecule has 154 valence electrons. The number of hydrogen-bond acceptors (Lipinski definition) is 2. The number of aliphatic imine (C=N–C) groups is 2. The normalized spacial score (nSPS) is 12.3. The quantitative estimate of drug-likeness (QED) is 0.331. The van der Waals surface area contributed by atoms with E-state index in [4.69, 9.17) is 33.2 Å². The predicted octanol–water partition coefficient (Wildman–Crippen LogP) is 8.50. The van der Waals surface area contributed by atoms with Crippen LogP contribution < -0.4 is 0 Å². The van der Waals surface area contributed by atoms with Gasteiger partial charge in [-0.25, -0.2) is 4.99 Å². The summed E-state index contributed by atoms with van der Waals surface area (Å²) in [5.74, 6) is 0. The van der Waals surface area contributed by atoms with Crippen molar-refractivity contribution in [3.8, 4) is 0 Å². The van der Waals surface area contributed by atoms with E-state index in [0.717, 1.165) is 53.2 Å². The van der Waals surface area contributed by atoms with Gasteiger partial charge in [-0.05, 0) is 74.1 Å². The van der Waals surface area contributed by atoms with Gasteiger partial charge in [-0.2, -0.15) is 0 Å². The highest BCUT2D eigenvalue weighted by molar-refractivity contribution is 6.44. The molecule has 3 aromatic rings. The summed E-state index contributed by atoms with van der Waals surface area (Å²) < 4.78 is 0. The van der Waals surface area contributed by atoms with Gasteiger partial charge in [0.25, 0.3) is 0 Å². The summed E-state index contributed by atoms with van der Waals surface area (Å²) in [6.07, 6.45) is 2.40. The molecular formula is C26H26Cl2N2. The maximum Gasteiger partial charge on any atom is 0.0820 e. The highest BCUT2D eigenvalue weighted by atomic mass is 35.5. The van der Waals surface area contributed by atoms with E-state index in [1.165, 1.54) is 5.56 Å². The Balaban J connectivity index is 2.01. The van der Waals surface area contributed by atoms with Crippen molar-refractivity contribution in [2.24, 2.45) is 9.98 Å². The third kappa shape index (κ3) is 6.04. The van der Waals surface area contributed by atoms with E-state index in [1.54, 1.807) is 0 Å². The zero-order chi connectivity index (χ0) is 21.5. The molecule has 0 radical (unpaired) electrons. The molecule has 0 saturated heterocycles. The first-order valence-corrected chi connectivity index (χ1v) is 10.9. The minimum absolute atomic E-state index is 0.649. The Kier molecular flexibility index (Phi) is 7.84. The molecule has 30 heavy (non-hydrogen) atoms. The third-order valence-corrected chi connectivity index (χ3v) is 5.48. The summed E-state index contributed by atoms with van der Waals surface area (Å²) in [4.78, 5) is 9.82. The van der Waals surface area contributed by atoms with Crippen LogP contribution in [0.5, 0.6) is 0 Å². The first kappa shape index (κ1) is 22.3. The number of halogens is 2. The summed E-state index contributed by atoms with van der Waals surface area (Å²) in [7, 11) is 0. The Hall–Kier alpha value is -2.42. The molecule has 0 spiro atoms. The number of aryl methyl sites for hydroxylation is 3. The van der Waals surface area contributed by atoms with Crippen LogP contribution in [0.3, 0.4) is 0 Å². The smallest absolute Gasteiger partial charge is 0.0820 e.